The van der Waals surface area contributed by atoms with Crippen LogP contribution in [0.15, 0.2) is 30.6 Å². The fourth-order valence-electron chi connectivity index (χ4n) is 3.11. The van der Waals surface area contributed by atoms with E-state index in [2.05, 4.69) is 30.2 Å². The first-order valence-electron chi connectivity index (χ1n) is 7.05. The number of anilines is 2. The Kier molecular flexibility index (Phi) is 3.05. The SMILES string of the molecule is CC1CCC(Nc2ccc(N)c3cnccc23)C1C. The van der Waals surface area contributed by atoms with E-state index in [-0.39, 0.29) is 0 Å². The molecule has 0 radical (unpaired) electrons. The smallest absolute Gasteiger partial charge is 0.0424 e. The highest BCUT2D eigenvalue weighted by atomic mass is 14.9. The summed E-state index contributed by atoms with van der Waals surface area (Å²) in [5, 5.41) is 5.91. The highest BCUT2D eigenvalue weighted by Crippen LogP contribution is 2.35. The molecule has 1 aromatic carbocycles. The summed E-state index contributed by atoms with van der Waals surface area (Å²) in [6.45, 7) is 4.69. The predicted molar refractivity (Wildman–Crippen MR) is 81.1 cm³/mol. The zero-order valence-electron chi connectivity index (χ0n) is 11.6. The van der Waals surface area contributed by atoms with Gasteiger partial charge in [0.25, 0.3) is 0 Å². The Morgan fingerprint density at radius 1 is 1.16 bits per heavy atom. The minimum absolute atomic E-state index is 0.565. The first-order valence-corrected chi connectivity index (χ1v) is 7.05. The molecule has 100 valence electrons. The Hall–Kier alpha value is -1.77. The van der Waals surface area contributed by atoms with Gasteiger partial charge in [-0.3, -0.25) is 4.98 Å². The van der Waals surface area contributed by atoms with Gasteiger partial charge in [-0.05, 0) is 42.9 Å². The summed E-state index contributed by atoms with van der Waals surface area (Å²) in [5.41, 5.74) is 7.99. The molecule has 3 nitrogen and oxygen atoms in total. The molecule has 3 N–H and O–H groups in total. The fraction of sp³-hybridized carbons (Fsp3) is 0.438. The average Bonchev–Trinajstić information content (AvgIpc) is 2.74. The number of nitrogen functional groups attached to an aromatic ring is 1. The molecular formula is C16H21N3. The van der Waals surface area contributed by atoms with Crippen molar-refractivity contribution in [3.8, 4) is 0 Å². The zero-order chi connectivity index (χ0) is 13.4. The van der Waals surface area contributed by atoms with Gasteiger partial charge in [-0.15, -0.1) is 0 Å². The van der Waals surface area contributed by atoms with E-state index in [1.165, 1.54) is 23.9 Å². The lowest BCUT2D eigenvalue weighted by atomic mass is 9.97. The van der Waals surface area contributed by atoms with Crippen molar-refractivity contribution < 1.29 is 0 Å². The summed E-state index contributed by atoms with van der Waals surface area (Å²) in [7, 11) is 0. The predicted octanol–water partition coefficient (Wildman–Crippen LogP) is 3.66. The second-order valence-corrected chi connectivity index (χ2v) is 5.79. The molecule has 3 atom stereocenters. The standard InChI is InChI=1S/C16H21N3/c1-10-3-5-15(11(10)2)19-16-6-4-14(17)13-9-18-8-7-12(13)16/h4,6-11,15,19H,3,5,17H2,1-2H3. The number of benzene rings is 1. The van der Waals surface area contributed by atoms with Crippen LogP contribution >= 0.6 is 0 Å². The highest BCUT2D eigenvalue weighted by Gasteiger charge is 2.29. The number of aromatic nitrogens is 1. The van der Waals surface area contributed by atoms with Crippen LogP contribution in [-0.4, -0.2) is 11.0 Å². The molecular weight excluding hydrogens is 234 g/mol. The van der Waals surface area contributed by atoms with Gasteiger partial charge in [-0.1, -0.05) is 13.8 Å². The molecule has 0 spiro atoms. The second kappa shape index (κ2) is 4.72. The largest absolute Gasteiger partial charge is 0.398 e. The molecule has 1 heterocycles. The van der Waals surface area contributed by atoms with Gasteiger partial charge in [0.1, 0.15) is 0 Å². The summed E-state index contributed by atoms with van der Waals surface area (Å²) < 4.78 is 0. The molecule has 2 aromatic rings. The third-order valence-electron chi connectivity index (χ3n) is 4.66. The van der Waals surface area contributed by atoms with Crippen molar-refractivity contribution in [2.24, 2.45) is 11.8 Å². The van der Waals surface area contributed by atoms with E-state index < -0.39 is 0 Å². The first-order chi connectivity index (χ1) is 9.16. The van der Waals surface area contributed by atoms with Gasteiger partial charge in [-0.2, -0.15) is 0 Å². The molecule has 19 heavy (non-hydrogen) atoms. The molecule has 0 bridgehead atoms. The van der Waals surface area contributed by atoms with Gasteiger partial charge in [-0.25, -0.2) is 0 Å². The zero-order valence-corrected chi connectivity index (χ0v) is 11.6. The summed E-state index contributed by atoms with van der Waals surface area (Å²) in [4.78, 5) is 4.17. The monoisotopic (exact) mass is 255 g/mol. The number of rotatable bonds is 2. The first kappa shape index (κ1) is 12.3. The van der Waals surface area contributed by atoms with Crippen LogP contribution in [0.4, 0.5) is 11.4 Å². The van der Waals surface area contributed by atoms with Crippen molar-refractivity contribution in [1.29, 1.82) is 0 Å². The van der Waals surface area contributed by atoms with Crippen LogP contribution < -0.4 is 11.1 Å². The maximum atomic E-state index is 6.01. The summed E-state index contributed by atoms with van der Waals surface area (Å²) in [5.74, 6) is 1.52. The quantitative estimate of drug-likeness (QED) is 0.805. The number of nitrogens with two attached hydrogens (primary N) is 1. The Morgan fingerprint density at radius 2 is 2.00 bits per heavy atom. The molecule has 0 saturated heterocycles. The van der Waals surface area contributed by atoms with Crippen molar-refractivity contribution in [3.05, 3.63) is 30.6 Å². The lowest BCUT2D eigenvalue weighted by Gasteiger charge is -2.22. The summed E-state index contributed by atoms with van der Waals surface area (Å²) in [6.07, 6.45) is 6.23. The van der Waals surface area contributed by atoms with Crippen LogP contribution in [0.2, 0.25) is 0 Å². The topological polar surface area (TPSA) is 50.9 Å². The van der Waals surface area contributed by atoms with Gasteiger partial charge < -0.3 is 11.1 Å². The number of nitrogens with zero attached hydrogens (tertiary/aromatic N) is 1. The van der Waals surface area contributed by atoms with E-state index in [9.17, 15) is 0 Å². The molecule has 3 rings (SSSR count). The van der Waals surface area contributed by atoms with Crippen molar-refractivity contribution in [3.63, 3.8) is 0 Å². The maximum Gasteiger partial charge on any atom is 0.0424 e. The van der Waals surface area contributed by atoms with Crippen LogP contribution in [0.3, 0.4) is 0 Å². The van der Waals surface area contributed by atoms with Crippen LogP contribution in [0.25, 0.3) is 10.8 Å². The van der Waals surface area contributed by atoms with Crippen molar-refractivity contribution >= 4 is 22.1 Å². The molecule has 0 aliphatic heterocycles. The highest BCUT2D eigenvalue weighted by molar-refractivity contribution is 6.00. The van der Waals surface area contributed by atoms with Crippen LogP contribution in [0.5, 0.6) is 0 Å². The lowest BCUT2D eigenvalue weighted by molar-refractivity contribution is 0.435. The van der Waals surface area contributed by atoms with E-state index in [1.807, 2.05) is 24.5 Å². The minimum atomic E-state index is 0.565. The minimum Gasteiger partial charge on any atom is -0.398 e. The Bertz CT molecular complexity index is 594. The molecule has 3 heteroatoms. The molecule has 0 amide bonds. The van der Waals surface area contributed by atoms with E-state index in [0.717, 1.165) is 22.9 Å². The summed E-state index contributed by atoms with van der Waals surface area (Å²) in [6, 6.07) is 6.66. The van der Waals surface area contributed by atoms with Crippen molar-refractivity contribution in [2.45, 2.75) is 32.7 Å². The number of hydrogen-bond acceptors (Lipinski definition) is 3. The Morgan fingerprint density at radius 3 is 2.74 bits per heavy atom. The van der Waals surface area contributed by atoms with Crippen LogP contribution in [0.1, 0.15) is 26.7 Å². The van der Waals surface area contributed by atoms with E-state index in [4.69, 9.17) is 5.73 Å². The Labute approximate surface area is 114 Å². The van der Waals surface area contributed by atoms with Crippen LogP contribution in [0, 0.1) is 11.8 Å². The van der Waals surface area contributed by atoms with Crippen LogP contribution in [-0.2, 0) is 0 Å². The molecule has 3 unspecified atom stereocenters. The van der Waals surface area contributed by atoms with Gasteiger partial charge in [0.2, 0.25) is 0 Å². The van der Waals surface area contributed by atoms with Gasteiger partial charge >= 0.3 is 0 Å². The van der Waals surface area contributed by atoms with Crippen molar-refractivity contribution in [2.75, 3.05) is 11.1 Å². The normalized spacial score (nSPS) is 26.7. The van der Waals surface area contributed by atoms with Gasteiger partial charge in [0, 0.05) is 40.6 Å². The average molecular weight is 255 g/mol. The van der Waals surface area contributed by atoms with Gasteiger partial charge in [0.15, 0.2) is 0 Å². The van der Waals surface area contributed by atoms with E-state index in [1.54, 1.807) is 0 Å². The fourth-order valence-corrected chi connectivity index (χ4v) is 3.11. The number of pyridine rings is 1. The molecule has 1 aromatic heterocycles. The lowest BCUT2D eigenvalue weighted by Crippen LogP contribution is -2.24. The maximum absolute atomic E-state index is 6.01. The number of nitrogens with one attached hydrogen (secondary N) is 1. The molecule has 1 aliphatic carbocycles. The molecule has 1 saturated carbocycles. The third kappa shape index (κ3) is 2.14. The van der Waals surface area contributed by atoms with E-state index in [0.29, 0.717) is 6.04 Å². The second-order valence-electron chi connectivity index (χ2n) is 5.79. The third-order valence-corrected chi connectivity index (χ3v) is 4.66. The van der Waals surface area contributed by atoms with Gasteiger partial charge in [0.05, 0.1) is 0 Å². The van der Waals surface area contributed by atoms with Crippen molar-refractivity contribution in [1.82, 2.24) is 4.98 Å². The molecule has 1 fully saturated rings. The number of hydrogen-bond donors (Lipinski definition) is 2. The Balaban J connectivity index is 1.96. The van der Waals surface area contributed by atoms with E-state index >= 15 is 0 Å². The molecule has 1 aliphatic rings. The summed E-state index contributed by atoms with van der Waals surface area (Å²) >= 11 is 0. The number of fused-ring (bicyclic) bond motifs is 1.